The van der Waals surface area contributed by atoms with E-state index in [9.17, 15) is 4.79 Å². The number of carbonyl (C=O) groups is 1. The molecule has 100 valence electrons. The van der Waals surface area contributed by atoms with Crippen LogP contribution < -0.4 is 11.1 Å². The van der Waals surface area contributed by atoms with E-state index >= 15 is 0 Å². The number of nitrogens with zero attached hydrogens (tertiary/aromatic N) is 3. The number of benzene rings is 1. The maximum absolute atomic E-state index is 12.0. The molecule has 0 saturated heterocycles. The summed E-state index contributed by atoms with van der Waals surface area (Å²) >= 11 is 0. The lowest BCUT2D eigenvalue weighted by Gasteiger charge is -2.04. The molecule has 0 fully saturated rings. The number of amides is 1. The number of aryl methyl sites for hydroxylation is 1. The van der Waals surface area contributed by atoms with Gasteiger partial charge in [-0.05, 0) is 24.1 Å². The van der Waals surface area contributed by atoms with E-state index in [4.69, 9.17) is 5.73 Å². The normalized spacial score (nSPS) is 10.4. The Balaban J connectivity index is 2.06. The minimum atomic E-state index is -0.267. The van der Waals surface area contributed by atoms with Crippen molar-refractivity contribution in [1.82, 2.24) is 15.0 Å². The fraction of sp³-hybridized carbons (Fsp3) is 0.308. The van der Waals surface area contributed by atoms with Crippen molar-refractivity contribution in [1.29, 1.82) is 0 Å². The Morgan fingerprint density at radius 1 is 1.47 bits per heavy atom. The second kappa shape index (κ2) is 6.10. The molecule has 6 nitrogen and oxygen atoms in total. The average molecular weight is 259 g/mol. The molecule has 1 heterocycles. The van der Waals surface area contributed by atoms with E-state index in [-0.39, 0.29) is 11.6 Å². The van der Waals surface area contributed by atoms with Gasteiger partial charge in [-0.25, -0.2) is 0 Å². The number of nitrogens with one attached hydrogen (secondary N) is 1. The van der Waals surface area contributed by atoms with Crippen LogP contribution in [0.2, 0.25) is 0 Å². The SMILES string of the molecule is CCc1cccc(NC(=O)c2cn(CCN)nn2)c1. The van der Waals surface area contributed by atoms with Gasteiger partial charge in [0.15, 0.2) is 5.69 Å². The maximum atomic E-state index is 12.0. The van der Waals surface area contributed by atoms with Crippen LogP contribution in [0.25, 0.3) is 0 Å². The van der Waals surface area contributed by atoms with Crippen molar-refractivity contribution in [3.63, 3.8) is 0 Å². The molecule has 2 rings (SSSR count). The highest BCUT2D eigenvalue weighted by Gasteiger charge is 2.10. The zero-order valence-corrected chi connectivity index (χ0v) is 10.8. The molecular weight excluding hydrogens is 242 g/mol. The highest BCUT2D eigenvalue weighted by atomic mass is 16.2. The van der Waals surface area contributed by atoms with Gasteiger partial charge in [-0.2, -0.15) is 0 Å². The lowest BCUT2D eigenvalue weighted by molar-refractivity contribution is 0.102. The Bertz CT molecular complexity index is 564. The zero-order chi connectivity index (χ0) is 13.7. The molecule has 1 amide bonds. The Labute approximate surface area is 111 Å². The molecule has 0 aliphatic heterocycles. The Kier molecular flexibility index (Phi) is 4.25. The van der Waals surface area contributed by atoms with Crippen LogP contribution in [0.4, 0.5) is 5.69 Å². The zero-order valence-electron chi connectivity index (χ0n) is 10.8. The van der Waals surface area contributed by atoms with E-state index in [1.165, 1.54) is 5.56 Å². The first-order valence-corrected chi connectivity index (χ1v) is 6.23. The van der Waals surface area contributed by atoms with Crippen molar-refractivity contribution in [2.75, 3.05) is 11.9 Å². The van der Waals surface area contributed by atoms with Gasteiger partial charge in [-0.3, -0.25) is 9.48 Å². The van der Waals surface area contributed by atoms with E-state index in [1.54, 1.807) is 10.9 Å². The second-order valence-corrected chi connectivity index (χ2v) is 4.16. The van der Waals surface area contributed by atoms with Gasteiger partial charge in [0.1, 0.15) is 0 Å². The molecule has 3 N–H and O–H groups in total. The third-order valence-electron chi connectivity index (χ3n) is 2.72. The van der Waals surface area contributed by atoms with E-state index in [0.29, 0.717) is 13.1 Å². The van der Waals surface area contributed by atoms with Crippen LogP contribution in [0.1, 0.15) is 23.0 Å². The highest BCUT2D eigenvalue weighted by molar-refractivity contribution is 6.02. The molecule has 19 heavy (non-hydrogen) atoms. The molecule has 0 radical (unpaired) electrons. The third-order valence-corrected chi connectivity index (χ3v) is 2.72. The standard InChI is InChI=1S/C13H17N5O/c1-2-10-4-3-5-11(8-10)15-13(19)12-9-18(7-6-14)17-16-12/h3-5,8-9H,2,6-7,14H2,1H3,(H,15,19). The van der Waals surface area contributed by atoms with Crippen molar-refractivity contribution < 1.29 is 4.79 Å². The summed E-state index contributed by atoms with van der Waals surface area (Å²) in [5.41, 5.74) is 7.63. The minimum Gasteiger partial charge on any atom is -0.329 e. The summed E-state index contributed by atoms with van der Waals surface area (Å²) in [7, 11) is 0. The van der Waals surface area contributed by atoms with Crippen molar-refractivity contribution in [3.05, 3.63) is 41.7 Å². The summed E-state index contributed by atoms with van der Waals surface area (Å²) in [4.78, 5) is 12.0. The summed E-state index contributed by atoms with van der Waals surface area (Å²) < 4.78 is 1.55. The molecule has 1 aromatic carbocycles. The summed E-state index contributed by atoms with van der Waals surface area (Å²) in [5, 5.41) is 10.4. The molecular formula is C13H17N5O. The smallest absolute Gasteiger partial charge is 0.277 e. The lowest BCUT2D eigenvalue weighted by Crippen LogP contribution is -2.13. The van der Waals surface area contributed by atoms with Gasteiger partial charge in [0.25, 0.3) is 5.91 Å². The monoisotopic (exact) mass is 259 g/mol. The van der Waals surface area contributed by atoms with Crippen LogP contribution >= 0.6 is 0 Å². The van der Waals surface area contributed by atoms with Crippen LogP contribution in [0.3, 0.4) is 0 Å². The number of anilines is 1. The minimum absolute atomic E-state index is 0.267. The molecule has 0 aliphatic rings. The van der Waals surface area contributed by atoms with Crippen molar-refractivity contribution >= 4 is 11.6 Å². The summed E-state index contributed by atoms with van der Waals surface area (Å²) in [6.45, 7) is 3.08. The van der Waals surface area contributed by atoms with Crippen LogP contribution in [-0.4, -0.2) is 27.4 Å². The number of hydrogen-bond donors (Lipinski definition) is 2. The Morgan fingerprint density at radius 3 is 3.05 bits per heavy atom. The number of carbonyl (C=O) groups excluding carboxylic acids is 1. The van der Waals surface area contributed by atoms with Crippen LogP contribution in [0.5, 0.6) is 0 Å². The lowest BCUT2D eigenvalue weighted by atomic mass is 10.1. The third kappa shape index (κ3) is 3.38. The van der Waals surface area contributed by atoms with Crippen molar-refractivity contribution in [3.8, 4) is 0 Å². The molecule has 0 aliphatic carbocycles. The van der Waals surface area contributed by atoms with Crippen LogP contribution in [-0.2, 0) is 13.0 Å². The summed E-state index contributed by atoms with van der Waals surface area (Å²) in [6, 6.07) is 7.73. The van der Waals surface area contributed by atoms with E-state index < -0.39 is 0 Å². The summed E-state index contributed by atoms with van der Waals surface area (Å²) in [5.74, 6) is -0.267. The van der Waals surface area contributed by atoms with Crippen molar-refractivity contribution in [2.24, 2.45) is 5.73 Å². The first-order valence-electron chi connectivity index (χ1n) is 6.23. The quantitative estimate of drug-likeness (QED) is 0.840. The van der Waals surface area contributed by atoms with E-state index in [1.807, 2.05) is 24.3 Å². The Morgan fingerprint density at radius 2 is 2.32 bits per heavy atom. The highest BCUT2D eigenvalue weighted by Crippen LogP contribution is 2.12. The first kappa shape index (κ1) is 13.2. The van der Waals surface area contributed by atoms with Crippen molar-refractivity contribution in [2.45, 2.75) is 19.9 Å². The predicted molar refractivity (Wildman–Crippen MR) is 72.8 cm³/mol. The van der Waals surface area contributed by atoms with Gasteiger partial charge in [0, 0.05) is 12.2 Å². The van der Waals surface area contributed by atoms with Gasteiger partial charge < -0.3 is 11.1 Å². The van der Waals surface area contributed by atoms with Gasteiger partial charge in [-0.1, -0.05) is 24.3 Å². The number of nitrogens with two attached hydrogens (primary N) is 1. The fourth-order valence-corrected chi connectivity index (χ4v) is 1.71. The largest absolute Gasteiger partial charge is 0.329 e. The van der Waals surface area contributed by atoms with Crippen LogP contribution in [0.15, 0.2) is 30.5 Å². The topological polar surface area (TPSA) is 85.8 Å². The van der Waals surface area contributed by atoms with Gasteiger partial charge in [-0.15, -0.1) is 5.10 Å². The summed E-state index contributed by atoms with van der Waals surface area (Å²) in [6.07, 6.45) is 2.52. The van der Waals surface area contributed by atoms with Gasteiger partial charge >= 0.3 is 0 Å². The van der Waals surface area contributed by atoms with Gasteiger partial charge in [0.05, 0.1) is 12.7 Å². The van der Waals surface area contributed by atoms with Gasteiger partial charge in [0.2, 0.25) is 0 Å². The van der Waals surface area contributed by atoms with E-state index in [0.717, 1.165) is 12.1 Å². The fourth-order valence-electron chi connectivity index (χ4n) is 1.71. The Hall–Kier alpha value is -2.21. The molecule has 0 unspecified atom stereocenters. The first-order chi connectivity index (χ1) is 9.22. The molecule has 6 heteroatoms. The average Bonchev–Trinajstić information content (AvgIpc) is 2.88. The molecule has 0 spiro atoms. The van der Waals surface area contributed by atoms with E-state index in [2.05, 4.69) is 22.6 Å². The maximum Gasteiger partial charge on any atom is 0.277 e. The predicted octanol–water partition coefficient (Wildman–Crippen LogP) is 1.05. The molecule has 2 aromatic rings. The molecule has 0 bridgehead atoms. The number of aromatic nitrogens is 3. The second-order valence-electron chi connectivity index (χ2n) is 4.16. The molecule has 0 atom stereocenters. The number of rotatable bonds is 5. The number of hydrogen-bond acceptors (Lipinski definition) is 4. The molecule has 0 saturated carbocycles. The molecule has 1 aromatic heterocycles. The van der Waals surface area contributed by atoms with Crippen LogP contribution in [0, 0.1) is 0 Å².